The van der Waals surface area contributed by atoms with Gasteiger partial charge in [-0.3, -0.25) is 0 Å². The third-order valence-corrected chi connectivity index (χ3v) is 4.04. The monoisotopic (exact) mass is 338 g/mol. The molecule has 0 atom stereocenters. The second kappa shape index (κ2) is 7.01. The Hall–Kier alpha value is -2.75. The molecule has 0 bridgehead atoms. The predicted molar refractivity (Wildman–Crippen MR) is 97.0 cm³/mol. The van der Waals surface area contributed by atoms with Gasteiger partial charge in [0.2, 0.25) is 0 Å². The highest BCUT2D eigenvalue weighted by molar-refractivity contribution is 6.04. The summed E-state index contributed by atoms with van der Waals surface area (Å²) in [6.07, 6.45) is -0.183. The summed E-state index contributed by atoms with van der Waals surface area (Å²) in [5, 5.41) is 0.713. The number of aryl methyl sites for hydroxylation is 2. The van der Waals surface area contributed by atoms with E-state index >= 15 is 0 Å². The van der Waals surface area contributed by atoms with Crippen LogP contribution < -0.4 is 4.74 Å². The second-order valence-corrected chi connectivity index (χ2v) is 6.36. The van der Waals surface area contributed by atoms with Crippen molar-refractivity contribution in [1.29, 1.82) is 0 Å². The number of hydrogen-bond acceptors (Lipinski definition) is 4. The van der Waals surface area contributed by atoms with Crippen LogP contribution in [0.3, 0.4) is 0 Å². The van der Waals surface area contributed by atoms with Crippen molar-refractivity contribution < 1.29 is 18.7 Å². The van der Waals surface area contributed by atoms with Gasteiger partial charge in [-0.15, -0.1) is 0 Å². The molecule has 1 heterocycles. The normalized spacial score (nSPS) is 11.1. The van der Waals surface area contributed by atoms with E-state index in [2.05, 4.69) is 13.0 Å². The molecule has 0 saturated heterocycles. The Morgan fingerprint density at radius 3 is 2.60 bits per heavy atom. The minimum atomic E-state index is -0.373. The van der Waals surface area contributed by atoms with Crippen LogP contribution in [0.4, 0.5) is 0 Å². The van der Waals surface area contributed by atoms with E-state index in [1.165, 1.54) is 5.56 Å². The van der Waals surface area contributed by atoms with Crippen molar-refractivity contribution in [3.8, 4) is 5.75 Å². The number of fused-ring (bicyclic) bond motifs is 1. The molecule has 0 fully saturated rings. The van der Waals surface area contributed by atoms with E-state index in [0.717, 1.165) is 5.56 Å². The minimum absolute atomic E-state index is 0.183. The first-order valence-corrected chi connectivity index (χ1v) is 8.37. The average molecular weight is 338 g/mol. The van der Waals surface area contributed by atoms with Crippen molar-refractivity contribution in [2.45, 2.75) is 40.4 Å². The zero-order valence-corrected chi connectivity index (χ0v) is 15.0. The maximum atomic E-state index is 12.4. The summed E-state index contributed by atoms with van der Waals surface area (Å²) in [4.78, 5) is 12.4. The van der Waals surface area contributed by atoms with Gasteiger partial charge in [-0.25, -0.2) is 4.79 Å². The second-order valence-electron chi connectivity index (χ2n) is 6.36. The van der Waals surface area contributed by atoms with Gasteiger partial charge >= 0.3 is 5.97 Å². The molecular weight excluding hydrogens is 316 g/mol. The summed E-state index contributed by atoms with van der Waals surface area (Å²) < 4.78 is 16.9. The number of rotatable bonds is 5. The van der Waals surface area contributed by atoms with E-state index in [0.29, 0.717) is 34.6 Å². The fourth-order valence-electron chi connectivity index (χ4n) is 2.75. The highest BCUT2D eigenvalue weighted by Crippen LogP contribution is 2.30. The SMILES string of the molecule is Cc1ccccc1COc1ccc2oc(C)c(C(=O)OC(C)C)c2c1. The smallest absolute Gasteiger partial charge is 0.342 e. The first kappa shape index (κ1) is 17.1. The van der Waals surface area contributed by atoms with E-state index in [-0.39, 0.29) is 12.1 Å². The van der Waals surface area contributed by atoms with Crippen LogP contribution in [-0.4, -0.2) is 12.1 Å². The molecule has 0 amide bonds. The van der Waals surface area contributed by atoms with E-state index < -0.39 is 0 Å². The molecular formula is C21H22O4. The molecule has 4 nitrogen and oxygen atoms in total. The summed E-state index contributed by atoms with van der Waals surface area (Å²) in [5.74, 6) is 0.870. The third kappa shape index (κ3) is 3.68. The summed E-state index contributed by atoms with van der Waals surface area (Å²) in [6, 6.07) is 13.6. The number of benzene rings is 2. The maximum Gasteiger partial charge on any atom is 0.342 e. The van der Waals surface area contributed by atoms with Gasteiger partial charge in [0.05, 0.1) is 6.10 Å². The highest BCUT2D eigenvalue weighted by Gasteiger charge is 2.21. The lowest BCUT2D eigenvalue weighted by Gasteiger charge is -2.09. The van der Waals surface area contributed by atoms with Gasteiger partial charge < -0.3 is 13.9 Å². The van der Waals surface area contributed by atoms with E-state index in [4.69, 9.17) is 13.9 Å². The van der Waals surface area contributed by atoms with Crippen LogP contribution in [0.25, 0.3) is 11.0 Å². The summed E-state index contributed by atoms with van der Waals surface area (Å²) >= 11 is 0. The molecule has 0 aliphatic heterocycles. The van der Waals surface area contributed by atoms with Gasteiger partial charge in [0, 0.05) is 5.39 Å². The lowest BCUT2D eigenvalue weighted by Crippen LogP contribution is -2.12. The first-order chi connectivity index (χ1) is 12.0. The molecule has 130 valence electrons. The molecule has 25 heavy (non-hydrogen) atoms. The fourth-order valence-corrected chi connectivity index (χ4v) is 2.75. The largest absolute Gasteiger partial charge is 0.489 e. The van der Waals surface area contributed by atoms with E-state index in [1.54, 1.807) is 6.92 Å². The van der Waals surface area contributed by atoms with E-state index in [1.807, 2.05) is 50.2 Å². The molecule has 4 heteroatoms. The van der Waals surface area contributed by atoms with Crippen LogP contribution in [0.15, 0.2) is 46.9 Å². The third-order valence-electron chi connectivity index (χ3n) is 4.04. The quantitative estimate of drug-likeness (QED) is 0.600. The van der Waals surface area contributed by atoms with Gasteiger partial charge in [0.1, 0.15) is 29.3 Å². The highest BCUT2D eigenvalue weighted by atomic mass is 16.5. The van der Waals surface area contributed by atoms with Crippen molar-refractivity contribution >= 4 is 16.9 Å². The Balaban J connectivity index is 1.88. The topological polar surface area (TPSA) is 48.7 Å². The lowest BCUT2D eigenvalue weighted by molar-refractivity contribution is 0.0378. The van der Waals surface area contributed by atoms with Crippen molar-refractivity contribution in [3.05, 3.63) is 64.9 Å². The lowest BCUT2D eigenvalue weighted by atomic mass is 10.1. The summed E-state index contributed by atoms with van der Waals surface area (Å²) in [7, 11) is 0. The van der Waals surface area contributed by atoms with Gasteiger partial charge in [0.25, 0.3) is 0 Å². The van der Waals surface area contributed by atoms with Crippen LogP contribution in [0.5, 0.6) is 5.75 Å². The van der Waals surface area contributed by atoms with Crippen LogP contribution in [0.1, 0.15) is 41.1 Å². The molecule has 0 aliphatic carbocycles. The Morgan fingerprint density at radius 2 is 1.88 bits per heavy atom. The number of esters is 1. The molecule has 1 aromatic heterocycles. The number of ether oxygens (including phenoxy) is 2. The van der Waals surface area contributed by atoms with Gasteiger partial charge in [-0.1, -0.05) is 24.3 Å². The van der Waals surface area contributed by atoms with Crippen LogP contribution in [0.2, 0.25) is 0 Å². The molecule has 0 saturated carbocycles. The zero-order chi connectivity index (χ0) is 18.0. The number of carbonyl (C=O) groups excluding carboxylic acids is 1. The number of hydrogen-bond donors (Lipinski definition) is 0. The molecule has 2 aromatic carbocycles. The molecule has 0 N–H and O–H groups in total. The average Bonchev–Trinajstić information content (AvgIpc) is 2.88. The van der Waals surface area contributed by atoms with Crippen LogP contribution in [-0.2, 0) is 11.3 Å². The van der Waals surface area contributed by atoms with Crippen LogP contribution >= 0.6 is 0 Å². The molecule has 0 spiro atoms. The standard InChI is InChI=1S/C21H22O4/c1-13(2)24-21(22)20-15(4)25-19-10-9-17(11-18(19)20)23-12-16-8-6-5-7-14(16)3/h5-11,13H,12H2,1-4H3. The van der Waals surface area contributed by atoms with Crippen molar-refractivity contribution in [1.82, 2.24) is 0 Å². The number of carbonyl (C=O) groups is 1. The fraction of sp³-hybridized carbons (Fsp3) is 0.286. The van der Waals surface area contributed by atoms with E-state index in [9.17, 15) is 4.79 Å². The van der Waals surface area contributed by atoms with Gasteiger partial charge in [-0.2, -0.15) is 0 Å². The molecule has 0 unspecified atom stereocenters. The molecule has 3 rings (SSSR count). The maximum absolute atomic E-state index is 12.4. The van der Waals surface area contributed by atoms with Gasteiger partial charge in [-0.05, 0) is 57.0 Å². The number of furan rings is 1. The molecule has 0 radical (unpaired) electrons. The van der Waals surface area contributed by atoms with Crippen LogP contribution in [0, 0.1) is 13.8 Å². The predicted octanol–water partition coefficient (Wildman–Crippen LogP) is 5.19. The first-order valence-electron chi connectivity index (χ1n) is 8.37. The Labute approximate surface area is 147 Å². The molecule has 0 aliphatic rings. The van der Waals surface area contributed by atoms with Crippen molar-refractivity contribution in [2.24, 2.45) is 0 Å². The Morgan fingerprint density at radius 1 is 1.12 bits per heavy atom. The Kier molecular flexibility index (Phi) is 4.79. The summed E-state index contributed by atoms with van der Waals surface area (Å²) in [6.45, 7) is 7.95. The van der Waals surface area contributed by atoms with Crippen molar-refractivity contribution in [3.63, 3.8) is 0 Å². The minimum Gasteiger partial charge on any atom is -0.489 e. The van der Waals surface area contributed by atoms with Crippen molar-refractivity contribution in [2.75, 3.05) is 0 Å². The summed E-state index contributed by atoms with van der Waals surface area (Å²) in [5.41, 5.74) is 3.43. The van der Waals surface area contributed by atoms with Gasteiger partial charge in [0.15, 0.2) is 0 Å². The Bertz CT molecular complexity index is 905. The molecule has 3 aromatic rings. The zero-order valence-electron chi connectivity index (χ0n) is 15.0.